The molecule has 1 aromatic carbocycles. The number of hydrogen-bond acceptors (Lipinski definition) is 3. The van der Waals surface area contributed by atoms with E-state index in [1.165, 1.54) is 18.9 Å². The third-order valence-corrected chi connectivity index (χ3v) is 3.89. The summed E-state index contributed by atoms with van der Waals surface area (Å²) in [4.78, 5) is 13.5. The van der Waals surface area contributed by atoms with Gasteiger partial charge in [-0.15, -0.1) is 0 Å². The molecule has 0 spiro atoms. The molecule has 108 valence electrons. The zero-order valence-corrected chi connectivity index (χ0v) is 11.5. The van der Waals surface area contributed by atoms with Crippen LogP contribution in [-0.2, 0) is 11.3 Å². The molecule has 1 saturated carbocycles. The Morgan fingerprint density at radius 3 is 3.00 bits per heavy atom. The largest absolute Gasteiger partial charge is 0.369 e. The van der Waals surface area contributed by atoms with E-state index in [9.17, 15) is 9.18 Å². The highest BCUT2D eigenvalue weighted by atomic mass is 19.1. The van der Waals surface area contributed by atoms with E-state index in [2.05, 4.69) is 15.5 Å². The molecule has 2 N–H and O–H groups in total. The Morgan fingerprint density at radius 1 is 1.35 bits per heavy atom. The molecule has 2 aliphatic rings. The number of carbonyl (C=O) groups excluding carboxylic acids is 1. The lowest BCUT2D eigenvalue weighted by atomic mass is 10.1. The molecule has 1 aliphatic carbocycles. The quantitative estimate of drug-likeness (QED) is 0.874. The average Bonchev–Trinajstić information content (AvgIpc) is 3.25. The third-order valence-electron chi connectivity index (χ3n) is 3.89. The van der Waals surface area contributed by atoms with Crippen molar-refractivity contribution in [2.45, 2.75) is 31.8 Å². The van der Waals surface area contributed by atoms with Crippen molar-refractivity contribution in [2.24, 2.45) is 0 Å². The number of halogens is 1. The molecule has 0 atom stereocenters. The van der Waals surface area contributed by atoms with Crippen molar-refractivity contribution in [2.75, 3.05) is 24.5 Å². The van der Waals surface area contributed by atoms with Gasteiger partial charge in [-0.2, -0.15) is 0 Å². The molecule has 1 aliphatic heterocycles. The van der Waals surface area contributed by atoms with Gasteiger partial charge >= 0.3 is 0 Å². The minimum atomic E-state index is -0.167. The number of hydrogen-bond donors (Lipinski definition) is 2. The summed E-state index contributed by atoms with van der Waals surface area (Å²) in [6.07, 6.45) is 2.84. The van der Waals surface area contributed by atoms with E-state index in [1.54, 1.807) is 6.07 Å². The maximum Gasteiger partial charge on any atom is 0.221 e. The summed E-state index contributed by atoms with van der Waals surface area (Å²) in [5.41, 5.74) is 1.63. The Kier molecular flexibility index (Phi) is 3.87. The van der Waals surface area contributed by atoms with Gasteiger partial charge in [0.2, 0.25) is 5.91 Å². The van der Waals surface area contributed by atoms with Gasteiger partial charge < -0.3 is 15.5 Å². The highest BCUT2D eigenvalue weighted by Gasteiger charge is 2.23. The minimum absolute atomic E-state index is 0.0709. The van der Waals surface area contributed by atoms with E-state index in [1.807, 2.05) is 6.07 Å². The molecule has 0 aromatic heterocycles. The molecular formula is C15H20FN3O. The second-order valence-electron chi connectivity index (χ2n) is 5.48. The zero-order chi connectivity index (χ0) is 13.9. The van der Waals surface area contributed by atoms with Crippen molar-refractivity contribution in [3.8, 4) is 0 Å². The fraction of sp³-hybridized carbons (Fsp3) is 0.533. The summed E-state index contributed by atoms with van der Waals surface area (Å²) in [5.74, 6) is -0.0965. The van der Waals surface area contributed by atoms with Crippen LogP contribution in [0.3, 0.4) is 0 Å². The fourth-order valence-corrected chi connectivity index (χ4v) is 2.56. The first kappa shape index (κ1) is 13.4. The summed E-state index contributed by atoms with van der Waals surface area (Å²) in [5, 5.41) is 6.22. The zero-order valence-electron chi connectivity index (χ0n) is 11.5. The Bertz CT molecular complexity index is 502. The number of anilines is 1. The lowest BCUT2D eigenvalue weighted by molar-refractivity contribution is -0.120. The van der Waals surface area contributed by atoms with Crippen LogP contribution in [-0.4, -0.2) is 31.6 Å². The summed E-state index contributed by atoms with van der Waals surface area (Å²) in [6, 6.07) is 5.75. The van der Waals surface area contributed by atoms with Crippen molar-refractivity contribution in [1.29, 1.82) is 0 Å². The number of benzene rings is 1. The van der Waals surface area contributed by atoms with Gasteiger partial charge in [0.1, 0.15) is 5.82 Å². The van der Waals surface area contributed by atoms with Crippen molar-refractivity contribution in [3.63, 3.8) is 0 Å². The monoisotopic (exact) mass is 277 g/mol. The normalized spacial score (nSPS) is 19.6. The molecule has 20 heavy (non-hydrogen) atoms. The molecule has 1 heterocycles. The Balaban J connectivity index is 1.79. The number of carbonyl (C=O) groups is 1. The van der Waals surface area contributed by atoms with Crippen molar-refractivity contribution in [1.82, 2.24) is 10.6 Å². The maximum atomic E-state index is 14.1. The van der Waals surface area contributed by atoms with Gasteiger partial charge in [-0.05, 0) is 25.0 Å². The molecule has 0 unspecified atom stereocenters. The van der Waals surface area contributed by atoms with Gasteiger partial charge in [0.25, 0.3) is 0 Å². The van der Waals surface area contributed by atoms with Crippen LogP contribution in [0.15, 0.2) is 18.2 Å². The highest BCUT2D eigenvalue weighted by Crippen LogP contribution is 2.26. The first-order valence-corrected chi connectivity index (χ1v) is 7.26. The molecule has 1 saturated heterocycles. The molecule has 1 aromatic rings. The van der Waals surface area contributed by atoms with Crippen LogP contribution in [0.25, 0.3) is 0 Å². The van der Waals surface area contributed by atoms with E-state index >= 15 is 0 Å². The first-order valence-electron chi connectivity index (χ1n) is 7.26. The van der Waals surface area contributed by atoms with Crippen LogP contribution in [0, 0.1) is 5.82 Å². The van der Waals surface area contributed by atoms with Crippen LogP contribution in [0.5, 0.6) is 0 Å². The van der Waals surface area contributed by atoms with Crippen molar-refractivity contribution in [3.05, 3.63) is 29.6 Å². The predicted octanol–water partition coefficient (Wildman–Crippen LogP) is 1.40. The second kappa shape index (κ2) is 5.79. The third kappa shape index (κ3) is 3.10. The van der Waals surface area contributed by atoms with Crippen LogP contribution < -0.4 is 15.5 Å². The Hall–Kier alpha value is -1.62. The Labute approximate surface area is 118 Å². The fourth-order valence-electron chi connectivity index (χ4n) is 2.56. The number of amides is 1. The summed E-state index contributed by atoms with van der Waals surface area (Å²) in [6.45, 7) is 2.55. The molecular weight excluding hydrogens is 257 g/mol. The van der Waals surface area contributed by atoms with Gasteiger partial charge in [-0.25, -0.2) is 4.39 Å². The molecule has 5 heteroatoms. The van der Waals surface area contributed by atoms with E-state index in [0.717, 1.165) is 12.2 Å². The molecule has 2 fully saturated rings. The summed E-state index contributed by atoms with van der Waals surface area (Å²) < 4.78 is 14.1. The van der Waals surface area contributed by atoms with Crippen LogP contribution >= 0.6 is 0 Å². The summed E-state index contributed by atoms with van der Waals surface area (Å²) in [7, 11) is 0. The smallest absolute Gasteiger partial charge is 0.221 e. The van der Waals surface area contributed by atoms with E-state index < -0.39 is 0 Å². The van der Waals surface area contributed by atoms with Gasteiger partial charge in [-0.1, -0.05) is 6.07 Å². The van der Waals surface area contributed by atoms with Gasteiger partial charge in [-0.3, -0.25) is 4.79 Å². The van der Waals surface area contributed by atoms with Gasteiger partial charge in [0.05, 0.1) is 0 Å². The second-order valence-corrected chi connectivity index (χ2v) is 5.48. The van der Waals surface area contributed by atoms with Gasteiger partial charge in [0.15, 0.2) is 0 Å². The first-order chi connectivity index (χ1) is 9.74. The van der Waals surface area contributed by atoms with E-state index in [4.69, 9.17) is 0 Å². The Morgan fingerprint density at radius 2 is 2.20 bits per heavy atom. The van der Waals surface area contributed by atoms with E-state index in [0.29, 0.717) is 37.7 Å². The molecule has 1 amide bonds. The molecule has 0 radical (unpaired) electrons. The summed E-state index contributed by atoms with van der Waals surface area (Å²) >= 11 is 0. The van der Waals surface area contributed by atoms with Gasteiger partial charge in [0, 0.05) is 49.9 Å². The van der Waals surface area contributed by atoms with Crippen LogP contribution in [0.1, 0.15) is 24.8 Å². The minimum Gasteiger partial charge on any atom is -0.369 e. The molecule has 0 bridgehead atoms. The lowest BCUT2D eigenvalue weighted by Crippen LogP contribution is -2.30. The predicted molar refractivity (Wildman–Crippen MR) is 76.1 cm³/mol. The SMILES string of the molecule is O=C1CCN(c2cccc(F)c2CNC2CC2)CCN1. The molecule has 4 nitrogen and oxygen atoms in total. The van der Waals surface area contributed by atoms with E-state index in [-0.39, 0.29) is 11.7 Å². The average molecular weight is 277 g/mol. The topological polar surface area (TPSA) is 44.4 Å². The number of rotatable bonds is 4. The van der Waals surface area contributed by atoms with Crippen LogP contribution in [0.4, 0.5) is 10.1 Å². The number of nitrogens with one attached hydrogen (secondary N) is 2. The standard InChI is InChI=1S/C15H20FN3O/c16-13-2-1-3-14(12(13)10-18-11-4-5-11)19-8-6-15(20)17-7-9-19/h1-3,11,18H,4-10H2,(H,17,20). The maximum absolute atomic E-state index is 14.1. The lowest BCUT2D eigenvalue weighted by Gasteiger charge is -2.25. The number of nitrogens with zero attached hydrogens (tertiary/aromatic N) is 1. The van der Waals surface area contributed by atoms with Crippen molar-refractivity contribution < 1.29 is 9.18 Å². The highest BCUT2D eigenvalue weighted by molar-refractivity contribution is 5.77. The van der Waals surface area contributed by atoms with Crippen molar-refractivity contribution >= 4 is 11.6 Å². The molecule has 3 rings (SSSR count). The van der Waals surface area contributed by atoms with Crippen LogP contribution in [0.2, 0.25) is 0 Å².